The molecule has 0 radical (unpaired) electrons. The van der Waals surface area contributed by atoms with Crippen LogP contribution in [0.5, 0.6) is 17.2 Å². The van der Waals surface area contributed by atoms with Crippen LogP contribution in [0.2, 0.25) is 0 Å². The van der Waals surface area contributed by atoms with Gasteiger partial charge in [-0.25, -0.2) is 0 Å². The molecule has 3 N–H and O–H groups in total. The molecule has 2 aromatic rings. The van der Waals surface area contributed by atoms with E-state index in [2.05, 4.69) is 13.8 Å². The standard InChI is InChI=1S/C33H45N3O7S2/c1-4-44-33(45-5-2)27-7-6-12-36(27)32(39)25-20-24(22-37)29(21-26(25)34)43-18-17-42-28-10-8-23(19-30(28)40-3)9-11-31(38)35-13-15-41-16-14-35/h8-11,19-21,27,33,37H,4-7,12-18,22,34H2,1-3H3/b11-9+/t27-/m0/s1. The number of hydrogen-bond donors (Lipinski definition) is 2. The van der Waals surface area contributed by atoms with Gasteiger partial charge in [0.15, 0.2) is 11.5 Å². The molecule has 0 unspecified atom stereocenters. The Labute approximate surface area is 274 Å². The van der Waals surface area contributed by atoms with Gasteiger partial charge in [-0.2, -0.15) is 0 Å². The lowest BCUT2D eigenvalue weighted by Gasteiger charge is -2.31. The molecule has 4 rings (SSSR count). The van der Waals surface area contributed by atoms with E-state index in [1.165, 1.54) is 0 Å². The highest BCUT2D eigenvalue weighted by Crippen LogP contribution is 2.37. The van der Waals surface area contributed by atoms with Crippen molar-refractivity contribution in [1.82, 2.24) is 9.80 Å². The molecule has 10 nitrogen and oxygen atoms in total. The zero-order valence-corrected chi connectivity index (χ0v) is 28.0. The molecule has 2 heterocycles. The van der Waals surface area contributed by atoms with E-state index in [1.54, 1.807) is 48.4 Å². The van der Waals surface area contributed by atoms with E-state index in [0.29, 0.717) is 71.5 Å². The maximum Gasteiger partial charge on any atom is 0.256 e. The summed E-state index contributed by atoms with van der Waals surface area (Å²) in [6.07, 6.45) is 5.24. The monoisotopic (exact) mass is 659 g/mol. The van der Waals surface area contributed by atoms with Crippen molar-refractivity contribution in [3.63, 3.8) is 0 Å². The minimum atomic E-state index is -0.295. The van der Waals surface area contributed by atoms with E-state index in [9.17, 15) is 14.7 Å². The summed E-state index contributed by atoms with van der Waals surface area (Å²) in [4.78, 5) is 29.8. The molecule has 0 aliphatic carbocycles. The molecule has 2 aliphatic heterocycles. The predicted octanol–water partition coefficient (Wildman–Crippen LogP) is 4.54. The number of carbonyl (C=O) groups excluding carboxylic acids is 2. The lowest BCUT2D eigenvalue weighted by Crippen LogP contribution is -2.41. The van der Waals surface area contributed by atoms with Crippen molar-refractivity contribution in [3.05, 3.63) is 53.1 Å². The number of likely N-dealkylation sites (tertiary alicyclic amines) is 1. The highest BCUT2D eigenvalue weighted by Gasteiger charge is 2.36. The smallest absolute Gasteiger partial charge is 0.256 e. The number of rotatable bonds is 15. The molecule has 45 heavy (non-hydrogen) atoms. The van der Waals surface area contributed by atoms with Crippen LogP contribution in [0.25, 0.3) is 6.08 Å². The molecule has 0 aromatic heterocycles. The van der Waals surface area contributed by atoms with Gasteiger partial charge in [-0.1, -0.05) is 19.9 Å². The quantitative estimate of drug-likeness (QED) is 0.122. The Bertz CT molecular complexity index is 1310. The van der Waals surface area contributed by atoms with Crippen LogP contribution in [0.1, 0.15) is 48.2 Å². The van der Waals surface area contributed by atoms with Gasteiger partial charge in [0.2, 0.25) is 5.91 Å². The molecule has 0 saturated carbocycles. The Kier molecular flexibility index (Phi) is 13.6. The lowest BCUT2D eigenvalue weighted by atomic mass is 10.1. The highest BCUT2D eigenvalue weighted by molar-refractivity contribution is 8.17. The third-order valence-corrected chi connectivity index (χ3v) is 10.5. The van der Waals surface area contributed by atoms with Crippen LogP contribution in [-0.4, -0.2) is 102 Å². The van der Waals surface area contributed by atoms with Crippen molar-refractivity contribution in [2.75, 3.05) is 70.4 Å². The number of morpholine rings is 1. The Hall–Kier alpha value is -3.06. The van der Waals surface area contributed by atoms with Gasteiger partial charge in [0.05, 0.1) is 43.1 Å². The van der Waals surface area contributed by atoms with Gasteiger partial charge in [-0.3, -0.25) is 9.59 Å². The number of nitrogen functional groups attached to an aromatic ring is 1. The Morgan fingerprint density at radius 1 is 1.04 bits per heavy atom. The van der Waals surface area contributed by atoms with Crippen molar-refractivity contribution < 1.29 is 33.6 Å². The fraction of sp³-hybridized carbons (Fsp3) is 0.515. The predicted molar refractivity (Wildman–Crippen MR) is 181 cm³/mol. The van der Waals surface area contributed by atoms with E-state index in [1.807, 2.05) is 34.5 Å². The molecule has 2 fully saturated rings. The van der Waals surface area contributed by atoms with E-state index >= 15 is 0 Å². The molecule has 2 aliphatic rings. The first-order valence-corrected chi connectivity index (χ1v) is 17.6. The van der Waals surface area contributed by atoms with E-state index < -0.39 is 0 Å². The van der Waals surface area contributed by atoms with Crippen LogP contribution in [0.3, 0.4) is 0 Å². The van der Waals surface area contributed by atoms with Crippen molar-refractivity contribution in [2.45, 2.75) is 43.9 Å². The van der Waals surface area contributed by atoms with Gasteiger partial charge in [-0.05, 0) is 54.2 Å². The summed E-state index contributed by atoms with van der Waals surface area (Å²) in [7, 11) is 1.56. The number of anilines is 1. The largest absolute Gasteiger partial charge is 0.493 e. The minimum absolute atomic E-state index is 0.0546. The molecular formula is C33H45N3O7S2. The number of thioether (sulfide) groups is 2. The molecule has 246 valence electrons. The average molecular weight is 660 g/mol. The Morgan fingerprint density at radius 3 is 2.42 bits per heavy atom. The number of hydrogen-bond acceptors (Lipinski definition) is 10. The average Bonchev–Trinajstić information content (AvgIpc) is 3.56. The number of ether oxygens (including phenoxy) is 4. The molecule has 2 amide bonds. The summed E-state index contributed by atoms with van der Waals surface area (Å²) in [5.74, 6) is 3.30. The number of nitrogens with two attached hydrogens (primary N) is 1. The second-order valence-electron chi connectivity index (χ2n) is 10.6. The Balaban J connectivity index is 1.35. The number of methoxy groups -OCH3 is 1. The third-order valence-electron chi connectivity index (χ3n) is 7.70. The van der Waals surface area contributed by atoms with Crippen molar-refractivity contribution >= 4 is 47.1 Å². The van der Waals surface area contributed by atoms with Crippen molar-refractivity contribution in [1.29, 1.82) is 0 Å². The molecular weight excluding hydrogens is 615 g/mol. The first kappa shape index (κ1) is 34.8. The zero-order chi connectivity index (χ0) is 32.2. The van der Waals surface area contributed by atoms with Gasteiger partial charge in [0.25, 0.3) is 5.91 Å². The van der Waals surface area contributed by atoms with Crippen LogP contribution < -0.4 is 19.9 Å². The van der Waals surface area contributed by atoms with Gasteiger partial charge in [-0.15, -0.1) is 23.5 Å². The molecule has 2 saturated heterocycles. The number of carbonyl (C=O) groups is 2. The first-order valence-electron chi connectivity index (χ1n) is 15.5. The number of nitrogens with zero attached hydrogens (tertiary/aromatic N) is 2. The fourth-order valence-corrected chi connectivity index (χ4v) is 8.30. The van der Waals surface area contributed by atoms with Crippen LogP contribution in [0.15, 0.2) is 36.4 Å². The number of aliphatic hydroxyl groups is 1. The van der Waals surface area contributed by atoms with Crippen LogP contribution in [0.4, 0.5) is 5.69 Å². The first-order chi connectivity index (χ1) is 21.9. The van der Waals surface area contributed by atoms with E-state index in [0.717, 1.165) is 29.9 Å². The number of amides is 2. The summed E-state index contributed by atoms with van der Waals surface area (Å²) in [5.41, 5.74) is 8.39. The van der Waals surface area contributed by atoms with E-state index in [4.69, 9.17) is 24.7 Å². The van der Waals surface area contributed by atoms with Crippen LogP contribution in [-0.2, 0) is 16.1 Å². The van der Waals surface area contributed by atoms with Gasteiger partial charge in [0, 0.05) is 43.0 Å². The highest BCUT2D eigenvalue weighted by atomic mass is 32.2. The second-order valence-corrected chi connectivity index (χ2v) is 13.7. The summed E-state index contributed by atoms with van der Waals surface area (Å²) >= 11 is 3.77. The zero-order valence-electron chi connectivity index (χ0n) is 26.4. The summed E-state index contributed by atoms with van der Waals surface area (Å²) in [6.45, 7) is 7.37. The topological polar surface area (TPSA) is 124 Å². The van der Waals surface area contributed by atoms with Crippen LogP contribution in [0, 0.1) is 0 Å². The molecule has 0 spiro atoms. The van der Waals surface area contributed by atoms with Gasteiger partial charge >= 0.3 is 0 Å². The van der Waals surface area contributed by atoms with Crippen LogP contribution >= 0.6 is 23.5 Å². The molecule has 12 heteroatoms. The lowest BCUT2D eigenvalue weighted by molar-refractivity contribution is -0.129. The minimum Gasteiger partial charge on any atom is -0.493 e. The maximum atomic E-state index is 13.7. The van der Waals surface area contributed by atoms with E-state index in [-0.39, 0.29) is 37.7 Å². The number of benzene rings is 2. The third kappa shape index (κ3) is 9.25. The molecule has 0 bridgehead atoms. The Morgan fingerprint density at radius 2 is 1.76 bits per heavy atom. The maximum absolute atomic E-state index is 13.7. The summed E-state index contributed by atoms with van der Waals surface area (Å²) in [6, 6.07) is 8.84. The van der Waals surface area contributed by atoms with Crippen molar-refractivity contribution in [3.8, 4) is 17.2 Å². The SMILES string of the molecule is CCSC(SCC)[C@@H]1CCCN1C(=O)c1cc(CO)c(OCCOc2ccc(/C=C/C(=O)N3CCOCC3)cc2OC)cc1N. The van der Waals surface area contributed by atoms with Gasteiger partial charge in [0.1, 0.15) is 19.0 Å². The summed E-state index contributed by atoms with van der Waals surface area (Å²) in [5, 5.41) is 10.1. The summed E-state index contributed by atoms with van der Waals surface area (Å²) < 4.78 is 23.0. The number of aliphatic hydroxyl groups excluding tert-OH is 1. The molecule has 2 aromatic carbocycles. The molecule has 1 atom stereocenters. The van der Waals surface area contributed by atoms with Gasteiger partial charge < -0.3 is 39.6 Å². The normalized spacial score (nSPS) is 16.9. The second kappa shape index (κ2) is 17.6. The van der Waals surface area contributed by atoms with Crippen molar-refractivity contribution in [2.24, 2.45) is 0 Å². The fourth-order valence-electron chi connectivity index (χ4n) is 5.43.